The summed E-state index contributed by atoms with van der Waals surface area (Å²) in [7, 11) is 1.53. The van der Waals surface area contributed by atoms with Gasteiger partial charge in [0.1, 0.15) is 5.78 Å². The molecule has 2 aliphatic rings. The van der Waals surface area contributed by atoms with Crippen molar-refractivity contribution in [2.45, 2.75) is 57.0 Å². The second-order valence-electron chi connectivity index (χ2n) is 6.83. The molecule has 1 fully saturated rings. The molecule has 3 atom stereocenters. The number of aliphatic hydroxyl groups is 1. The van der Waals surface area contributed by atoms with Crippen molar-refractivity contribution in [2.24, 2.45) is 5.92 Å². The smallest absolute Gasteiger partial charge is 0.164 e. The number of hydrogen-bond acceptors (Lipinski definition) is 4. The molecule has 0 aliphatic heterocycles. The van der Waals surface area contributed by atoms with Crippen molar-refractivity contribution in [3.05, 3.63) is 23.3 Å². The fourth-order valence-corrected chi connectivity index (χ4v) is 4.79. The minimum atomic E-state index is -0.927. The SMILES string of the molecule is CC[C@]12CC(=O)CC[C@@]1(O)[C@H](C)Cc1ccc(O)c(OC)c12. The van der Waals surface area contributed by atoms with E-state index in [1.165, 1.54) is 7.11 Å². The second kappa shape index (κ2) is 4.98. The molecule has 1 aromatic carbocycles. The zero-order valence-electron chi connectivity index (χ0n) is 13.5. The Hall–Kier alpha value is -1.55. The van der Waals surface area contributed by atoms with E-state index in [0.717, 1.165) is 17.5 Å². The third-order valence-electron chi connectivity index (χ3n) is 5.96. The van der Waals surface area contributed by atoms with Gasteiger partial charge in [0.05, 0.1) is 12.7 Å². The van der Waals surface area contributed by atoms with Crippen LogP contribution in [0, 0.1) is 5.92 Å². The van der Waals surface area contributed by atoms with E-state index in [1.807, 2.05) is 13.0 Å². The number of hydrogen-bond donors (Lipinski definition) is 2. The summed E-state index contributed by atoms with van der Waals surface area (Å²) in [5.74, 6) is 0.739. The molecule has 2 aliphatic carbocycles. The van der Waals surface area contributed by atoms with Gasteiger partial charge in [0.15, 0.2) is 11.5 Å². The third-order valence-corrected chi connectivity index (χ3v) is 5.96. The van der Waals surface area contributed by atoms with Crippen LogP contribution in [0.25, 0.3) is 0 Å². The lowest BCUT2D eigenvalue weighted by atomic mass is 9.50. The summed E-state index contributed by atoms with van der Waals surface area (Å²) in [6, 6.07) is 3.54. The van der Waals surface area contributed by atoms with Gasteiger partial charge in [-0.25, -0.2) is 0 Å². The van der Waals surface area contributed by atoms with E-state index in [1.54, 1.807) is 6.07 Å². The summed E-state index contributed by atoms with van der Waals surface area (Å²) < 4.78 is 5.46. The minimum absolute atomic E-state index is 0.0716. The number of fused-ring (bicyclic) bond motifs is 3. The van der Waals surface area contributed by atoms with Gasteiger partial charge in [-0.15, -0.1) is 0 Å². The normalized spacial score (nSPS) is 34.0. The molecule has 1 aromatic rings. The number of phenolic OH excluding ortho intramolecular Hbond substituents is 1. The maximum atomic E-state index is 12.2. The molecule has 0 heterocycles. The molecule has 0 radical (unpaired) electrons. The second-order valence-corrected chi connectivity index (χ2v) is 6.83. The van der Waals surface area contributed by atoms with Crippen LogP contribution in [0.15, 0.2) is 12.1 Å². The Bertz CT molecular complexity index is 624. The topological polar surface area (TPSA) is 66.8 Å². The van der Waals surface area contributed by atoms with E-state index in [2.05, 4.69) is 6.92 Å². The number of aromatic hydroxyl groups is 1. The van der Waals surface area contributed by atoms with E-state index in [4.69, 9.17) is 4.74 Å². The molecule has 0 aromatic heterocycles. The number of ether oxygens (including phenoxy) is 1. The summed E-state index contributed by atoms with van der Waals surface area (Å²) in [4.78, 5) is 12.2. The summed E-state index contributed by atoms with van der Waals surface area (Å²) >= 11 is 0. The van der Waals surface area contributed by atoms with E-state index in [0.29, 0.717) is 31.4 Å². The maximum absolute atomic E-state index is 12.2. The average Bonchev–Trinajstić information content (AvgIpc) is 2.50. The van der Waals surface area contributed by atoms with Crippen LogP contribution < -0.4 is 4.74 Å². The number of methoxy groups -OCH3 is 1. The molecule has 22 heavy (non-hydrogen) atoms. The average molecular weight is 304 g/mol. The molecule has 2 N–H and O–H groups in total. The summed E-state index contributed by atoms with van der Waals surface area (Å²) in [5.41, 5.74) is 0.318. The zero-order chi connectivity index (χ0) is 16.1. The Labute approximate surface area is 131 Å². The van der Waals surface area contributed by atoms with Crippen molar-refractivity contribution < 1.29 is 19.7 Å². The van der Waals surface area contributed by atoms with Gasteiger partial charge in [-0.3, -0.25) is 4.79 Å². The van der Waals surface area contributed by atoms with E-state index in [9.17, 15) is 15.0 Å². The third kappa shape index (κ3) is 1.76. The Balaban J connectivity index is 2.34. The number of Topliss-reactive ketones (excluding diaryl/α,β-unsaturated/α-hetero) is 1. The van der Waals surface area contributed by atoms with Crippen LogP contribution in [0.3, 0.4) is 0 Å². The molecular weight excluding hydrogens is 280 g/mol. The molecule has 0 bridgehead atoms. The fraction of sp³-hybridized carbons (Fsp3) is 0.611. The van der Waals surface area contributed by atoms with Gasteiger partial charge in [0.2, 0.25) is 0 Å². The van der Waals surface area contributed by atoms with Gasteiger partial charge in [0, 0.05) is 23.8 Å². The minimum Gasteiger partial charge on any atom is -0.504 e. The van der Waals surface area contributed by atoms with Crippen LogP contribution in [0.4, 0.5) is 0 Å². The van der Waals surface area contributed by atoms with Crippen molar-refractivity contribution in [2.75, 3.05) is 7.11 Å². The molecule has 4 nitrogen and oxygen atoms in total. The number of carbonyl (C=O) groups is 1. The molecule has 0 amide bonds. The van der Waals surface area contributed by atoms with Gasteiger partial charge in [-0.05, 0) is 36.8 Å². The Morgan fingerprint density at radius 2 is 2.14 bits per heavy atom. The number of ketones is 1. The van der Waals surface area contributed by atoms with Crippen molar-refractivity contribution >= 4 is 5.78 Å². The van der Waals surface area contributed by atoms with Crippen molar-refractivity contribution in [1.29, 1.82) is 0 Å². The quantitative estimate of drug-likeness (QED) is 0.881. The van der Waals surface area contributed by atoms with Crippen molar-refractivity contribution in [1.82, 2.24) is 0 Å². The predicted octanol–water partition coefficient (Wildman–Crippen LogP) is 2.72. The Morgan fingerprint density at radius 3 is 2.77 bits per heavy atom. The molecule has 120 valence electrons. The van der Waals surface area contributed by atoms with Crippen LogP contribution >= 0.6 is 0 Å². The summed E-state index contributed by atoms with van der Waals surface area (Å²) in [6.07, 6.45) is 2.61. The van der Waals surface area contributed by atoms with Crippen LogP contribution in [0.5, 0.6) is 11.5 Å². The highest BCUT2D eigenvalue weighted by Gasteiger charge is 2.60. The van der Waals surface area contributed by atoms with E-state index in [-0.39, 0.29) is 17.5 Å². The first-order chi connectivity index (χ1) is 10.4. The number of rotatable bonds is 2. The lowest BCUT2D eigenvalue weighted by Crippen LogP contribution is -2.62. The molecular formula is C18H24O4. The number of carbonyl (C=O) groups excluding carboxylic acids is 1. The van der Waals surface area contributed by atoms with Crippen LogP contribution in [-0.2, 0) is 16.6 Å². The molecule has 0 unspecified atom stereocenters. The van der Waals surface area contributed by atoms with Gasteiger partial charge in [-0.2, -0.15) is 0 Å². The van der Waals surface area contributed by atoms with E-state index < -0.39 is 11.0 Å². The van der Waals surface area contributed by atoms with Crippen molar-refractivity contribution in [3.8, 4) is 11.5 Å². The number of benzene rings is 1. The van der Waals surface area contributed by atoms with Crippen LogP contribution in [0.2, 0.25) is 0 Å². The molecule has 3 rings (SSSR count). The number of phenols is 1. The van der Waals surface area contributed by atoms with Gasteiger partial charge >= 0.3 is 0 Å². The lowest BCUT2D eigenvalue weighted by Gasteiger charge is -2.57. The van der Waals surface area contributed by atoms with E-state index >= 15 is 0 Å². The lowest BCUT2D eigenvalue weighted by molar-refractivity contribution is -0.147. The summed E-state index contributed by atoms with van der Waals surface area (Å²) in [6.45, 7) is 4.07. The molecule has 0 spiro atoms. The zero-order valence-corrected chi connectivity index (χ0v) is 13.5. The first-order valence-corrected chi connectivity index (χ1v) is 8.03. The summed E-state index contributed by atoms with van der Waals surface area (Å²) in [5, 5.41) is 21.7. The van der Waals surface area contributed by atoms with Crippen LogP contribution in [-0.4, -0.2) is 28.7 Å². The maximum Gasteiger partial charge on any atom is 0.164 e. The predicted molar refractivity (Wildman–Crippen MR) is 83.3 cm³/mol. The van der Waals surface area contributed by atoms with Gasteiger partial charge in [0.25, 0.3) is 0 Å². The first-order valence-electron chi connectivity index (χ1n) is 8.03. The van der Waals surface area contributed by atoms with Crippen molar-refractivity contribution in [3.63, 3.8) is 0 Å². The Kier molecular flexibility index (Phi) is 3.48. The van der Waals surface area contributed by atoms with Gasteiger partial charge in [-0.1, -0.05) is 19.9 Å². The highest BCUT2D eigenvalue weighted by Crippen LogP contribution is 2.59. The highest BCUT2D eigenvalue weighted by atomic mass is 16.5. The molecule has 1 saturated carbocycles. The first kappa shape index (κ1) is 15.3. The largest absolute Gasteiger partial charge is 0.504 e. The molecule has 4 heteroatoms. The monoisotopic (exact) mass is 304 g/mol. The molecule has 0 saturated heterocycles. The van der Waals surface area contributed by atoms with Crippen LogP contribution in [0.1, 0.15) is 50.7 Å². The highest BCUT2D eigenvalue weighted by molar-refractivity contribution is 5.82. The fourth-order valence-electron chi connectivity index (χ4n) is 4.79. The van der Waals surface area contributed by atoms with Gasteiger partial charge < -0.3 is 14.9 Å². The Morgan fingerprint density at radius 1 is 1.41 bits per heavy atom. The standard InChI is InChI=1S/C18H24O4/c1-4-17-10-13(19)7-8-18(17,21)11(2)9-12-5-6-14(20)16(22-3)15(12)17/h5-6,11,20-21H,4,7-10H2,1-3H3/t11-,17-,18-/m1/s1.